The molecule has 0 spiro atoms. The van der Waals surface area contributed by atoms with Gasteiger partial charge < -0.3 is 0 Å². The molecule has 46 valence electrons. The van der Waals surface area contributed by atoms with Gasteiger partial charge in [0.2, 0.25) is 0 Å². The van der Waals surface area contributed by atoms with Crippen LogP contribution in [0.2, 0.25) is 0 Å². The third-order valence-corrected chi connectivity index (χ3v) is 1.37. The maximum atomic E-state index is 2.19. The number of rotatable bonds is 0. The van der Waals surface area contributed by atoms with Crippen LogP contribution in [0.3, 0.4) is 0 Å². The SMILES string of the molecule is Cc1bc(C)cc(C)c1. The van der Waals surface area contributed by atoms with E-state index in [1.807, 2.05) is 0 Å². The van der Waals surface area contributed by atoms with Crippen molar-refractivity contribution in [2.45, 2.75) is 20.8 Å². The molecule has 1 heteroatoms. The molecule has 0 unspecified atom stereocenters. The normalized spacial score (nSPS) is 9.22. The molecule has 0 saturated carbocycles. The monoisotopic (exact) mass is 118 g/mol. The van der Waals surface area contributed by atoms with Crippen LogP contribution in [-0.2, 0) is 0 Å². The summed E-state index contributed by atoms with van der Waals surface area (Å²) in [5.74, 6) is 0. The first-order valence-corrected chi connectivity index (χ1v) is 3.23. The topological polar surface area (TPSA) is 0 Å². The average Bonchev–Trinajstić information content (AvgIpc) is 1.59. The van der Waals surface area contributed by atoms with Crippen LogP contribution in [0.1, 0.15) is 16.5 Å². The molecule has 0 radical (unpaired) electrons. The summed E-state index contributed by atoms with van der Waals surface area (Å²) in [6.45, 7) is 8.56. The van der Waals surface area contributed by atoms with Gasteiger partial charge in [0, 0.05) is 0 Å². The second kappa shape index (κ2) is 2.34. The molecule has 9 heavy (non-hydrogen) atoms. The van der Waals surface area contributed by atoms with E-state index in [1.54, 1.807) is 0 Å². The van der Waals surface area contributed by atoms with E-state index in [-0.39, 0.29) is 0 Å². The summed E-state index contributed by atoms with van der Waals surface area (Å²) in [4.78, 5) is 0. The fourth-order valence-corrected chi connectivity index (χ4v) is 1.20. The van der Waals surface area contributed by atoms with E-state index in [4.69, 9.17) is 0 Å². The van der Waals surface area contributed by atoms with E-state index in [1.165, 1.54) is 16.5 Å². The van der Waals surface area contributed by atoms with Gasteiger partial charge in [0.25, 0.3) is 0 Å². The molecule has 0 fully saturated rings. The summed E-state index contributed by atoms with van der Waals surface area (Å²) < 4.78 is 0. The summed E-state index contributed by atoms with van der Waals surface area (Å²) in [5, 5.41) is 0. The fourth-order valence-electron chi connectivity index (χ4n) is 1.20. The Kier molecular flexibility index (Phi) is 1.70. The third kappa shape index (κ3) is 1.67. The molecule has 0 aliphatic rings. The summed E-state index contributed by atoms with van der Waals surface area (Å²) in [7, 11) is 0. The van der Waals surface area contributed by atoms with E-state index in [0.29, 0.717) is 0 Å². The van der Waals surface area contributed by atoms with Crippen LogP contribution in [0.25, 0.3) is 0 Å². The Balaban J connectivity index is 3.17. The van der Waals surface area contributed by atoms with Crippen molar-refractivity contribution in [2.75, 3.05) is 0 Å². The average molecular weight is 118 g/mol. The van der Waals surface area contributed by atoms with Crippen LogP contribution < -0.4 is 0 Å². The molecule has 0 amide bonds. The Labute approximate surface area is 57.1 Å². The molecule has 0 saturated heterocycles. The summed E-state index contributed by atoms with van der Waals surface area (Å²) in [5.41, 5.74) is 4.06. The van der Waals surface area contributed by atoms with Gasteiger partial charge in [0.15, 0.2) is 0 Å². The van der Waals surface area contributed by atoms with Gasteiger partial charge in [-0.15, -0.1) is 0 Å². The van der Waals surface area contributed by atoms with E-state index >= 15 is 0 Å². The molecule has 1 rings (SSSR count). The fraction of sp³-hybridized carbons (Fsp3) is 0.375. The number of hydrogen-bond acceptors (Lipinski definition) is 0. The van der Waals surface area contributed by atoms with Crippen molar-refractivity contribution in [3.05, 3.63) is 28.6 Å². The van der Waals surface area contributed by atoms with Crippen molar-refractivity contribution >= 4 is 6.91 Å². The first-order valence-electron chi connectivity index (χ1n) is 3.23. The van der Waals surface area contributed by atoms with Gasteiger partial charge >= 0.3 is 56.3 Å². The van der Waals surface area contributed by atoms with E-state index in [9.17, 15) is 0 Å². The molecule has 0 aromatic carbocycles. The predicted molar refractivity (Wildman–Crippen MR) is 42.0 cm³/mol. The zero-order valence-electron chi connectivity index (χ0n) is 6.23. The summed E-state index contributed by atoms with van der Waals surface area (Å²) in [6, 6.07) is 4.38. The van der Waals surface area contributed by atoms with Gasteiger partial charge in [-0.25, -0.2) is 0 Å². The molecule has 0 nitrogen and oxygen atoms in total. The Morgan fingerprint density at radius 3 is 1.78 bits per heavy atom. The number of hydrogen-bond donors (Lipinski definition) is 0. The molecule has 0 bridgehead atoms. The molecule has 1 aromatic rings. The first kappa shape index (κ1) is 6.53. The van der Waals surface area contributed by atoms with Gasteiger partial charge in [0.1, 0.15) is 0 Å². The third-order valence-electron chi connectivity index (χ3n) is 1.37. The van der Waals surface area contributed by atoms with Gasteiger partial charge in [-0.2, -0.15) is 0 Å². The van der Waals surface area contributed by atoms with Gasteiger partial charge in [0.05, 0.1) is 0 Å². The van der Waals surface area contributed by atoms with Crippen molar-refractivity contribution in [1.82, 2.24) is 0 Å². The molecule has 1 heterocycles. The Morgan fingerprint density at radius 1 is 1.00 bits per heavy atom. The minimum absolute atomic E-state index is 1.35. The van der Waals surface area contributed by atoms with Crippen LogP contribution >= 0.6 is 0 Å². The van der Waals surface area contributed by atoms with Crippen LogP contribution in [0, 0.1) is 20.8 Å². The van der Waals surface area contributed by atoms with Crippen molar-refractivity contribution in [3.63, 3.8) is 0 Å². The van der Waals surface area contributed by atoms with Crippen LogP contribution in [0.5, 0.6) is 0 Å². The standard InChI is InChI=1S/C8H11B/c1-6-4-7(2)9-8(3)5-6/h4-5H,1-3H3. The quantitative estimate of drug-likeness (QED) is 0.488. The minimum atomic E-state index is 1.35. The van der Waals surface area contributed by atoms with Crippen molar-refractivity contribution in [3.8, 4) is 0 Å². The zero-order valence-corrected chi connectivity index (χ0v) is 6.23. The van der Waals surface area contributed by atoms with Crippen molar-refractivity contribution in [2.24, 2.45) is 0 Å². The Morgan fingerprint density at radius 2 is 1.44 bits per heavy atom. The van der Waals surface area contributed by atoms with E-state index in [0.717, 1.165) is 0 Å². The first-order chi connectivity index (χ1) is 4.18. The van der Waals surface area contributed by atoms with E-state index in [2.05, 4.69) is 39.8 Å². The van der Waals surface area contributed by atoms with Crippen LogP contribution in [0.15, 0.2) is 12.1 Å². The van der Waals surface area contributed by atoms with Gasteiger partial charge in [-0.1, -0.05) is 0 Å². The zero-order chi connectivity index (χ0) is 6.85. The summed E-state index contributed by atoms with van der Waals surface area (Å²) in [6.07, 6.45) is 0. The molecular formula is C8H11B. The molecule has 0 atom stereocenters. The van der Waals surface area contributed by atoms with Gasteiger partial charge in [-0.05, 0) is 0 Å². The second-order valence-corrected chi connectivity index (χ2v) is 2.67. The van der Waals surface area contributed by atoms with Crippen LogP contribution in [0.4, 0.5) is 0 Å². The van der Waals surface area contributed by atoms with Crippen molar-refractivity contribution < 1.29 is 0 Å². The Bertz CT molecular complexity index is 165. The molecular weight excluding hydrogens is 107 g/mol. The molecule has 1 aromatic heterocycles. The molecule has 0 aliphatic carbocycles. The number of aryl methyl sites for hydroxylation is 3. The van der Waals surface area contributed by atoms with Gasteiger partial charge in [-0.3, -0.25) is 0 Å². The van der Waals surface area contributed by atoms with Crippen LogP contribution in [-0.4, -0.2) is 6.91 Å². The maximum absolute atomic E-state index is 2.19. The summed E-state index contributed by atoms with van der Waals surface area (Å²) >= 11 is 0. The van der Waals surface area contributed by atoms with Crippen molar-refractivity contribution in [1.29, 1.82) is 0 Å². The predicted octanol–water partition coefficient (Wildman–Crippen LogP) is 1.95. The molecule has 0 N–H and O–H groups in total. The molecule has 0 aliphatic heterocycles. The van der Waals surface area contributed by atoms with E-state index < -0.39 is 0 Å². The second-order valence-electron chi connectivity index (χ2n) is 2.67. The Hall–Kier alpha value is -0.585.